The number of nitriles is 1. The Hall–Kier alpha value is -3.62. The Balaban J connectivity index is 1.36. The van der Waals surface area contributed by atoms with Crippen LogP contribution in [0.25, 0.3) is 10.9 Å². The molecule has 1 saturated heterocycles. The molecule has 1 aromatic carbocycles. The van der Waals surface area contributed by atoms with Crippen LogP contribution in [-0.4, -0.2) is 63.7 Å². The molecule has 214 valence electrons. The molecule has 3 aliphatic rings. The van der Waals surface area contributed by atoms with Crippen LogP contribution in [0.3, 0.4) is 0 Å². The third-order valence-corrected chi connectivity index (χ3v) is 8.79. The zero-order valence-electron chi connectivity index (χ0n) is 22.0. The molecule has 5 rings (SSSR count). The first-order valence-electron chi connectivity index (χ1n) is 14.0. The first-order valence-corrected chi connectivity index (χ1v) is 14.0. The maximum absolute atomic E-state index is 13.9. The number of hydrogen-bond acceptors (Lipinski definition) is 5. The molecule has 3 N–H and O–H groups in total. The highest BCUT2D eigenvalue weighted by Gasteiger charge is 2.52. The van der Waals surface area contributed by atoms with E-state index in [2.05, 4.69) is 21.6 Å². The molecule has 2 heterocycles. The van der Waals surface area contributed by atoms with Gasteiger partial charge in [0.25, 0.3) is 0 Å². The maximum Gasteiger partial charge on any atom is 0.471 e. The number of hydrogen-bond donors (Lipinski definition) is 3. The maximum atomic E-state index is 13.9. The number of amides is 3. The Morgan fingerprint density at radius 2 is 1.82 bits per heavy atom. The number of aromatic amines is 1. The Labute approximate surface area is 229 Å². The van der Waals surface area contributed by atoms with E-state index in [1.54, 1.807) is 0 Å². The standard InChI is InChI=1S/C28H33F3N6O3/c29-28(30,31)27(40)34-23(16-7-2-1-3-8-16)26(39)37-15-17-9-6-11-19(17)24(37)25(38)33-18(14-32)13-22-20-10-4-5-12-21(20)35-36-22/h4-5,10,12,16-19,23-24H,1-3,6-9,11,13,15H2,(H,33,38)(H,34,40)(H,35,36)/t17-,18-,19-,23-,24-/m0/s1. The molecule has 3 fully saturated rings. The Morgan fingerprint density at radius 3 is 2.55 bits per heavy atom. The van der Waals surface area contributed by atoms with Gasteiger partial charge in [-0.2, -0.15) is 23.5 Å². The zero-order valence-corrected chi connectivity index (χ0v) is 22.0. The normalized spacial score (nSPS) is 24.8. The van der Waals surface area contributed by atoms with E-state index in [0.29, 0.717) is 25.0 Å². The fourth-order valence-electron chi connectivity index (χ4n) is 6.88. The van der Waals surface area contributed by atoms with Crippen molar-refractivity contribution in [3.63, 3.8) is 0 Å². The van der Waals surface area contributed by atoms with Crippen LogP contribution in [0.4, 0.5) is 13.2 Å². The summed E-state index contributed by atoms with van der Waals surface area (Å²) in [5.41, 5.74) is 1.42. The first-order chi connectivity index (χ1) is 19.2. The predicted octanol–water partition coefficient (Wildman–Crippen LogP) is 3.37. The van der Waals surface area contributed by atoms with E-state index in [9.17, 15) is 32.8 Å². The molecule has 0 radical (unpaired) electrons. The Morgan fingerprint density at radius 1 is 1.07 bits per heavy atom. The van der Waals surface area contributed by atoms with E-state index in [4.69, 9.17) is 0 Å². The lowest BCUT2D eigenvalue weighted by atomic mass is 9.83. The highest BCUT2D eigenvalue weighted by Crippen LogP contribution is 2.43. The number of nitrogens with one attached hydrogen (secondary N) is 3. The molecule has 2 aromatic rings. The lowest BCUT2D eigenvalue weighted by molar-refractivity contribution is -0.175. The minimum Gasteiger partial charge on any atom is -0.338 e. The minimum absolute atomic E-state index is 0.0436. The van der Waals surface area contributed by atoms with Crippen molar-refractivity contribution in [2.24, 2.45) is 17.8 Å². The molecular formula is C28H33F3N6O3. The van der Waals surface area contributed by atoms with Crippen LogP contribution in [-0.2, 0) is 20.8 Å². The van der Waals surface area contributed by atoms with Gasteiger partial charge in [-0.3, -0.25) is 19.5 Å². The fourth-order valence-corrected chi connectivity index (χ4v) is 6.88. The summed E-state index contributed by atoms with van der Waals surface area (Å²) in [5, 5.41) is 22.6. The summed E-state index contributed by atoms with van der Waals surface area (Å²) in [6.07, 6.45) is 0.953. The summed E-state index contributed by atoms with van der Waals surface area (Å²) < 4.78 is 39.6. The molecule has 9 nitrogen and oxygen atoms in total. The monoisotopic (exact) mass is 558 g/mol. The summed E-state index contributed by atoms with van der Waals surface area (Å²) in [5.74, 6) is -3.83. The summed E-state index contributed by atoms with van der Waals surface area (Å²) in [4.78, 5) is 40.9. The van der Waals surface area contributed by atoms with Crippen molar-refractivity contribution in [1.29, 1.82) is 5.26 Å². The quantitative estimate of drug-likeness (QED) is 0.480. The van der Waals surface area contributed by atoms with Gasteiger partial charge < -0.3 is 15.5 Å². The number of nitrogens with zero attached hydrogens (tertiary/aromatic N) is 3. The highest BCUT2D eigenvalue weighted by atomic mass is 19.4. The average molecular weight is 559 g/mol. The van der Waals surface area contributed by atoms with Crippen LogP contribution >= 0.6 is 0 Å². The second kappa shape index (κ2) is 11.5. The van der Waals surface area contributed by atoms with E-state index in [1.807, 2.05) is 29.6 Å². The smallest absolute Gasteiger partial charge is 0.338 e. The van der Waals surface area contributed by atoms with Gasteiger partial charge in [-0.15, -0.1) is 0 Å². The first kappa shape index (κ1) is 27.9. The van der Waals surface area contributed by atoms with Crippen molar-refractivity contribution in [1.82, 2.24) is 25.7 Å². The number of para-hydroxylation sites is 1. The van der Waals surface area contributed by atoms with Crippen molar-refractivity contribution in [3.8, 4) is 6.07 Å². The molecular weight excluding hydrogens is 525 g/mol. The Kier molecular flexibility index (Phi) is 8.01. The number of H-pyrrole nitrogens is 1. The van der Waals surface area contributed by atoms with Gasteiger partial charge in [0.2, 0.25) is 11.8 Å². The lowest BCUT2D eigenvalue weighted by Gasteiger charge is -2.35. The lowest BCUT2D eigenvalue weighted by Crippen LogP contribution is -2.59. The molecule has 1 aliphatic heterocycles. The van der Waals surface area contributed by atoms with Gasteiger partial charge in [0.05, 0.1) is 11.6 Å². The summed E-state index contributed by atoms with van der Waals surface area (Å²) >= 11 is 0. The van der Waals surface area contributed by atoms with Crippen LogP contribution < -0.4 is 10.6 Å². The average Bonchev–Trinajstić information content (AvgIpc) is 3.65. The van der Waals surface area contributed by atoms with E-state index in [1.165, 1.54) is 4.90 Å². The molecule has 2 aliphatic carbocycles. The molecule has 0 spiro atoms. The van der Waals surface area contributed by atoms with E-state index in [0.717, 1.165) is 43.0 Å². The van der Waals surface area contributed by atoms with Gasteiger partial charge in [-0.25, -0.2) is 0 Å². The third-order valence-electron chi connectivity index (χ3n) is 8.79. The van der Waals surface area contributed by atoms with Gasteiger partial charge in [0.15, 0.2) is 0 Å². The number of fused-ring (bicyclic) bond motifs is 2. The highest BCUT2D eigenvalue weighted by molar-refractivity contribution is 5.94. The number of alkyl halides is 3. The van der Waals surface area contributed by atoms with Gasteiger partial charge in [0, 0.05) is 24.0 Å². The van der Waals surface area contributed by atoms with Gasteiger partial charge >= 0.3 is 12.1 Å². The molecule has 12 heteroatoms. The fraction of sp³-hybridized carbons (Fsp3) is 0.607. The van der Waals surface area contributed by atoms with Crippen LogP contribution in [0.1, 0.15) is 57.1 Å². The Bertz CT molecular complexity index is 1300. The van der Waals surface area contributed by atoms with Crippen molar-refractivity contribution >= 4 is 28.6 Å². The topological polar surface area (TPSA) is 131 Å². The van der Waals surface area contributed by atoms with Crippen molar-refractivity contribution in [3.05, 3.63) is 30.0 Å². The molecule has 2 saturated carbocycles. The van der Waals surface area contributed by atoms with Crippen LogP contribution in [0.5, 0.6) is 0 Å². The summed E-state index contributed by atoms with van der Waals surface area (Å²) in [6, 6.07) is 6.33. The summed E-state index contributed by atoms with van der Waals surface area (Å²) in [7, 11) is 0. The molecule has 3 amide bonds. The molecule has 0 unspecified atom stereocenters. The molecule has 40 heavy (non-hydrogen) atoms. The number of likely N-dealkylation sites (tertiary alicyclic amines) is 1. The number of benzene rings is 1. The van der Waals surface area contributed by atoms with Gasteiger partial charge in [-0.1, -0.05) is 43.9 Å². The largest absolute Gasteiger partial charge is 0.471 e. The van der Waals surface area contributed by atoms with Crippen LogP contribution in [0.15, 0.2) is 24.3 Å². The predicted molar refractivity (Wildman–Crippen MR) is 138 cm³/mol. The van der Waals surface area contributed by atoms with Crippen LogP contribution in [0, 0.1) is 29.1 Å². The van der Waals surface area contributed by atoms with E-state index >= 15 is 0 Å². The zero-order chi connectivity index (χ0) is 28.4. The van der Waals surface area contributed by atoms with Crippen molar-refractivity contribution in [2.75, 3.05) is 6.54 Å². The molecule has 0 bridgehead atoms. The number of halogens is 3. The molecule has 1 aromatic heterocycles. The van der Waals surface area contributed by atoms with E-state index < -0.39 is 47.9 Å². The molecule has 5 atom stereocenters. The second-order valence-corrected chi connectivity index (χ2v) is 11.3. The van der Waals surface area contributed by atoms with Crippen molar-refractivity contribution < 1.29 is 27.6 Å². The number of aromatic nitrogens is 2. The number of rotatable bonds is 7. The van der Waals surface area contributed by atoms with Crippen LogP contribution in [0.2, 0.25) is 0 Å². The number of carbonyl (C=O) groups is 3. The third kappa shape index (κ3) is 5.64. The van der Waals surface area contributed by atoms with Gasteiger partial charge in [0.1, 0.15) is 18.1 Å². The number of carbonyl (C=O) groups excluding carboxylic acids is 3. The summed E-state index contributed by atoms with van der Waals surface area (Å²) in [6.45, 7) is 0.245. The van der Waals surface area contributed by atoms with Gasteiger partial charge in [-0.05, 0) is 49.5 Å². The minimum atomic E-state index is -5.12. The van der Waals surface area contributed by atoms with E-state index in [-0.39, 0.29) is 24.8 Å². The second-order valence-electron chi connectivity index (χ2n) is 11.3. The SMILES string of the molecule is N#C[C@H](Cc1[nH]nc2ccccc12)NC(=O)[C@@H]1[C@H]2CCC[C@H]2CN1C(=O)[C@@H](NC(=O)C(F)(F)F)C1CCCCC1. The van der Waals surface area contributed by atoms with Crippen molar-refractivity contribution in [2.45, 2.75) is 82.1 Å².